The van der Waals surface area contributed by atoms with Gasteiger partial charge in [-0.1, -0.05) is 6.08 Å². The highest BCUT2D eigenvalue weighted by Gasteiger charge is 2.07. The van der Waals surface area contributed by atoms with Crippen molar-refractivity contribution in [2.45, 2.75) is 26.3 Å². The summed E-state index contributed by atoms with van der Waals surface area (Å²) in [4.78, 5) is 34.9. The van der Waals surface area contributed by atoms with Gasteiger partial charge in [0.05, 0.1) is 0 Å². The monoisotopic (exact) mass is 332 g/mol. The van der Waals surface area contributed by atoms with Crippen LogP contribution in [-0.4, -0.2) is 37.0 Å². The van der Waals surface area contributed by atoms with Gasteiger partial charge in [0.25, 0.3) is 5.91 Å². The standard InChI is InChI=1S/C17H24N4O3/c1-4-10-18-16(23)13-5-7-14(8-6-13)21-17(24)19-11-9-15(22)20-12(2)3/h4-8,12H,1,9-11H2,2-3H3,(H,18,23)(H,20,22)(H2,19,21,24). The number of urea groups is 1. The van der Waals surface area contributed by atoms with E-state index in [0.717, 1.165) is 0 Å². The number of benzene rings is 1. The van der Waals surface area contributed by atoms with Gasteiger partial charge in [-0.05, 0) is 38.1 Å². The molecule has 1 rings (SSSR count). The van der Waals surface area contributed by atoms with Crippen molar-refractivity contribution >= 4 is 23.5 Å². The smallest absolute Gasteiger partial charge is 0.319 e. The SMILES string of the molecule is C=CCNC(=O)c1ccc(NC(=O)NCCC(=O)NC(C)C)cc1. The zero-order valence-electron chi connectivity index (χ0n) is 14.0. The highest BCUT2D eigenvalue weighted by Crippen LogP contribution is 2.09. The van der Waals surface area contributed by atoms with E-state index >= 15 is 0 Å². The predicted molar refractivity (Wildman–Crippen MR) is 93.9 cm³/mol. The molecular weight excluding hydrogens is 308 g/mol. The summed E-state index contributed by atoms with van der Waals surface area (Å²) in [6.07, 6.45) is 1.81. The Balaban J connectivity index is 2.38. The van der Waals surface area contributed by atoms with Crippen LogP contribution in [0.15, 0.2) is 36.9 Å². The van der Waals surface area contributed by atoms with E-state index < -0.39 is 6.03 Å². The Morgan fingerprint density at radius 3 is 2.38 bits per heavy atom. The number of carbonyl (C=O) groups is 3. The fourth-order valence-corrected chi connectivity index (χ4v) is 1.83. The molecule has 0 aliphatic heterocycles. The number of hydrogen-bond acceptors (Lipinski definition) is 3. The van der Waals surface area contributed by atoms with Crippen molar-refractivity contribution in [2.75, 3.05) is 18.4 Å². The molecule has 4 amide bonds. The summed E-state index contributed by atoms with van der Waals surface area (Å²) in [6, 6.07) is 6.17. The summed E-state index contributed by atoms with van der Waals surface area (Å²) in [5.74, 6) is -0.317. The summed E-state index contributed by atoms with van der Waals surface area (Å²) in [5, 5.41) is 10.6. The third kappa shape index (κ3) is 7.44. The Morgan fingerprint density at radius 1 is 1.12 bits per heavy atom. The molecule has 0 spiro atoms. The first kappa shape index (κ1) is 19.2. The van der Waals surface area contributed by atoms with Gasteiger partial charge in [0.15, 0.2) is 0 Å². The van der Waals surface area contributed by atoms with Gasteiger partial charge in [0, 0.05) is 36.8 Å². The summed E-state index contributed by atoms with van der Waals surface area (Å²) in [6.45, 7) is 7.91. The lowest BCUT2D eigenvalue weighted by molar-refractivity contribution is -0.121. The molecular formula is C17H24N4O3. The third-order valence-electron chi connectivity index (χ3n) is 2.90. The van der Waals surface area contributed by atoms with Crippen LogP contribution in [0.1, 0.15) is 30.6 Å². The van der Waals surface area contributed by atoms with Crippen LogP contribution in [-0.2, 0) is 4.79 Å². The predicted octanol–water partition coefficient (Wildman–Crippen LogP) is 1.64. The van der Waals surface area contributed by atoms with Crippen molar-refractivity contribution in [2.24, 2.45) is 0 Å². The minimum absolute atomic E-state index is 0.0773. The molecule has 7 nitrogen and oxygen atoms in total. The molecule has 130 valence electrons. The van der Waals surface area contributed by atoms with Gasteiger partial charge in [0.2, 0.25) is 5.91 Å². The van der Waals surface area contributed by atoms with Crippen LogP contribution in [0.2, 0.25) is 0 Å². The average Bonchev–Trinajstić information content (AvgIpc) is 2.52. The van der Waals surface area contributed by atoms with E-state index in [4.69, 9.17) is 0 Å². The lowest BCUT2D eigenvalue weighted by atomic mass is 10.2. The van der Waals surface area contributed by atoms with Crippen LogP contribution in [0.3, 0.4) is 0 Å². The van der Waals surface area contributed by atoms with Crippen LogP contribution >= 0.6 is 0 Å². The van der Waals surface area contributed by atoms with Gasteiger partial charge in [0.1, 0.15) is 0 Å². The molecule has 1 aromatic rings. The van der Waals surface area contributed by atoms with Crippen molar-refractivity contribution in [1.29, 1.82) is 0 Å². The third-order valence-corrected chi connectivity index (χ3v) is 2.90. The van der Waals surface area contributed by atoms with Gasteiger partial charge < -0.3 is 21.3 Å². The molecule has 0 saturated carbocycles. The molecule has 0 aliphatic carbocycles. The van der Waals surface area contributed by atoms with Gasteiger partial charge in [-0.15, -0.1) is 6.58 Å². The summed E-state index contributed by atoms with van der Waals surface area (Å²) >= 11 is 0. The number of anilines is 1. The van der Waals surface area contributed by atoms with Gasteiger partial charge in [-0.2, -0.15) is 0 Å². The first-order valence-corrected chi connectivity index (χ1v) is 7.75. The Bertz CT molecular complexity index is 582. The van der Waals surface area contributed by atoms with E-state index in [1.807, 2.05) is 13.8 Å². The maximum atomic E-state index is 11.7. The highest BCUT2D eigenvalue weighted by molar-refractivity contribution is 5.95. The molecule has 0 unspecified atom stereocenters. The first-order valence-electron chi connectivity index (χ1n) is 7.75. The Labute approximate surface area is 141 Å². The molecule has 0 atom stereocenters. The van der Waals surface area contributed by atoms with Gasteiger partial charge in [-0.3, -0.25) is 9.59 Å². The van der Waals surface area contributed by atoms with Crippen molar-refractivity contribution in [3.05, 3.63) is 42.5 Å². The Hall–Kier alpha value is -2.83. The molecule has 24 heavy (non-hydrogen) atoms. The van der Waals surface area contributed by atoms with Crippen molar-refractivity contribution in [3.8, 4) is 0 Å². The number of amides is 4. The maximum Gasteiger partial charge on any atom is 0.319 e. The van der Waals surface area contributed by atoms with Crippen LogP contribution in [0.5, 0.6) is 0 Å². The highest BCUT2D eigenvalue weighted by atomic mass is 16.2. The van der Waals surface area contributed by atoms with E-state index in [1.54, 1.807) is 30.3 Å². The quantitative estimate of drug-likeness (QED) is 0.545. The molecule has 0 bridgehead atoms. The van der Waals surface area contributed by atoms with Crippen LogP contribution < -0.4 is 21.3 Å². The second-order valence-electron chi connectivity index (χ2n) is 5.43. The Morgan fingerprint density at radius 2 is 1.79 bits per heavy atom. The number of carbonyl (C=O) groups excluding carboxylic acids is 3. The lowest BCUT2D eigenvalue weighted by Crippen LogP contribution is -2.35. The van der Waals surface area contributed by atoms with E-state index in [2.05, 4.69) is 27.8 Å². The lowest BCUT2D eigenvalue weighted by Gasteiger charge is -2.10. The van der Waals surface area contributed by atoms with E-state index in [-0.39, 0.29) is 30.8 Å². The van der Waals surface area contributed by atoms with Crippen LogP contribution in [0.25, 0.3) is 0 Å². The maximum absolute atomic E-state index is 11.7. The number of rotatable bonds is 8. The van der Waals surface area contributed by atoms with Gasteiger partial charge >= 0.3 is 6.03 Å². The van der Waals surface area contributed by atoms with Crippen molar-refractivity contribution < 1.29 is 14.4 Å². The molecule has 1 aromatic carbocycles. The topological polar surface area (TPSA) is 99.3 Å². The molecule has 0 aliphatic rings. The van der Waals surface area contributed by atoms with Crippen molar-refractivity contribution in [3.63, 3.8) is 0 Å². The number of nitrogens with one attached hydrogen (secondary N) is 4. The summed E-state index contributed by atoms with van der Waals surface area (Å²) in [7, 11) is 0. The van der Waals surface area contributed by atoms with Crippen LogP contribution in [0.4, 0.5) is 10.5 Å². The molecule has 4 N–H and O–H groups in total. The average molecular weight is 332 g/mol. The minimum Gasteiger partial charge on any atom is -0.354 e. The van der Waals surface area contributed by atoms with Gasteiger partial charge in [-0.25, -0.2) is 4.79 Å². The summed E-state index contributed by atoms with van der Waals surface area (Å²) in [5.41, 5.74) is 1.05. The number of hydrogen-bond donors (Lipinski definition) is 4. The fraction of sp³-hybridized carbons (Fsp3) is 0.353. The summed E-state index contributed by atoms with van der Waals surface area (Å²) < 4.78 is 0. The molecule has 0 aromatic heterocycles. The normalized spacial score (nSPS) is 9.96. The molecule has 0 fully saturated rings. The van der Waals surface area contributed by atoms with Crippen molar-refractivity contribution in [1.82, 2.24) is 16.0 Å². The zero-order chi connectivity index (χ0) is 17.9. The Kier molecular flexibility index (Phi) is 8.04. The second-order valence-corrected chi connectivity index (χ2v) is 5.43. The molecule has 7 heteroatoms. The largest absolute Gasteiger partial charge is 0.354 e. The molecule has 0 radical (unpaired) electrons. The van der Waals surface area contributed by atoms with E-state index in [9.17, 15) is 14.4 Å². The van der Waals surface area contributed by atoms with Crippen LogP contribution in [0, 0.1) is 0 Å². The minimum atomic E-state index is -0.406. The molecule has 0 saturated heterocycles. The molecule has 0 heterocycles. The van der Waals surface area contributed by atoms with E-state index in [0.29, 0.717) is 17.8 Å². The first-order chi connectivity index (χ1) is 11.4. The van der Waals surface area contributed by atoms with E-state index in [1.165, 1.54) is 0 Å². The zero-order valence-corrected chi connectivity index (χ0v) is 14.0. The second kappa shape index (κ2) is 10.0. The fourth-order valence-electron chi connectivity index (χ4n) is 1.83.